The van der Waals surface area contributed by atoms with Gasteiger partial charge in [-0.2, -0.15) is 0 Å². The largest absolute Gasteiger partial charge is 0.338 e. The average molecular weight is 310 g/mol. The molecule has 0 bridgehead atoms. The molecule has 0 saturated heterocycles. The predicted molar refractivity (Wildman–Crippen MR) is 86.9 cm³/mol. The molecule has 1 amide bonds. The minimum Gasteiger partial charge on any atom is -0.338 e. The van der Waals surface area contributed by atoms with Crippen LogP contribution in [0.15, 0.2) is 24.3 Å². The van der Waals surface area contributed by atoms with Crippen LogP contribution in [0.3, 0.4) is 0 Å². The van der Waals surface area contributed by atoms with Gasteiger partial charge in [0.25, 0.3) is 0 Å². The Morgan fingerprint density at radius 1 is 1.26 bits per heavy atom. The molecule has 120 valence electrons. The first-order chi connectivity index (χ1) is 11.2. The van der Waals surface area contributed by atoms with E-state index >= 15 is 0 Å². The van der Waals surface area contributed by atoms with Crippen LogP contribution in [0.4, 0.5) is 0 Å². The van der Waals surface area contributed by atoms with Crippen molar-refractivity contribution in [2.45, 2.75) is 51.1 Å². The molecule has 0 N–H and O–H groups in total. The van der Waals surface area contributed by atoms with E-state index < -0.39 is 0 Å². The van der Waals surface area contributed by atoms with E-state index in [1.54, 1.807) is 0 Å². The van der Waals surface area contributed by atoms with Gasteiger partial charge in [-0.1, -0.05) is 24.3 Å². The summed E-state index contributed by atoms with van der Waals surface area (Å²) in [5.41, 5.74) is 2.54. The van der Waals surface area contributed by atoms with E-state index in [0.717, 1.165) is 50.3 Å². The summed E-state index contributed by atoms with van der Waals surface area (Å²) in [6.07, 6.45) is 5.24. The Morgan fingerprint density at radius 3 is 3.04 bits per heavy atom. The number of aryl methyl sites for hydroxylation is 2. The molecule has 0 fully saturated rings. The molecular weight excluding hydrogens is 288 g/mol. The molecular formula is C18H22N4O. The zero-order valence-electron chi connectivity index (χ0n) is 13.5. The Bertz CT molecular complexity index is 736. The Morgan fingerprint density at radius 2 is 2.13 bits per heavy atom. The van der Waals surface area contributed by atoms with Gasteiger partial charge in [0.05, 0.1) is 12.5 Å². The van der Waals surface area contributed by atoms with Crippen molar-refractivity contribution >= 4 is 5.91 Å². The zero-order valence-corrected chi connectivity index (χ0v) is 13.5. The van der Waals surface area contributed by atoms with Crippen LogP contribution in [-0.4, -0.2) is 32.6 Å². The van der Waals surface area contributed by atoms with Crippen molar-refractivity contribution < 1.29 is 4.79 Å². The third kappa shape index (κ3) is 2.54. The van der Waals surface area contributed by atoms with Crippen LogP contribution in [0.1, 0.15) is 48.0 Å². The molecule has 1 aliphatic carbocycles. The van der Waals surface area contributed by atoms with Crippen molar-refractivity contribution in [3.63, 3.8) is 0 Å². The number of rotatable bonds is 3. The highest BCUT2D eigenvalue weighted by molar-refractivity contribution is 5.84. The van der Waals surface area contributed by atoms with Crippen molar-refractivity contribution in [3.8, 4) is 0 Å². The molecule has 1 aromatic carbocycles. The molecule has 1 atom stereocenters. The Kier molecular flexibility index (Phi) is 3.63. The van der Waals surface area contributed by atoms with Gasteiger partial charge in [0.1, 0.15) is 5.82 Å². The SMILES string of the molecule is CN(Cc1nnc2n1CCC2)C(=O)[C@@H]1CCCc2ccccc21. The number of hydrogen-bond donors (Lipinski definition) is 0. The Balaban J connectivity index is 1.53. The number of hydrogen-bond acceptors (Lipinski definition) is 3. The quantitative estimate of drug-likeness (QED) is 0.874. The summed E-state index contributed by atoms with van der Waals surface area (Å²) in [5, 5.41) is 8.50. The molecule has 1 aliphatic heterocycles. The third-order valence-electron chi connectivity index (χ3n) is 5.11. The molecule has 0 spiro atoms. The second-order valence-corrected chi connectivity index (χ2v) is 6.63. The molecule has 2 aliphatic rings. The third-order valence-corrected chi connectivity index (χ3v) is 5.11. The monoisotopic (exact) mass is 310 g/mol. The summed E-state index contributed by atoms with van der Waals surface area (Å²) in [5.74, 6) is 2.17. The number of benzene rings is 1. The summed E-state index contributed by atoms with van der Waals surface area (Å²) in [6.45, 7) is 1.52. The van der Waals surface area contributed by atoms with Gasteiger partial charge in [0.2, 0.25) is 5.91 Å². The Labute approximate surface area is 136 Å². The maximum Gasteiger partial charge on any atom is 0.230 e. The lowest BCUT2D eigenvalue weighted by Crippen LogP contribution is -2.33. The van der Waals surface area contributed by atoms with Gasteiger partial charge in [-0.05, 0) is 36.8 Å². The normalized spacial score (nSPS) is 19.3. The highest BCUT2D eigenvalue weighted by Crippen LogP contribution is 2.33. The molecule has 2 heterocycles. The molecule has 0 unspecified atom stereocenters. The minimum absolute atomic E-state index is 0.00841. The van der Waals surface area contributed by atoms with E-state index in [9.17, 15) is 4.79 Å². The smallest absolute Gasteiger partial charge is 0.230 e. The van der Waals surface area contributed by atoms with Crippen LogP contribution < -0.4 is 0 Å². The van der Waals surface area contributed by atoms with Crippen molar-refractivity contribution in [2.24, 2.45) is 0 Å². The van der Waals surface area contributed by atoms with Gasteiger partial charge < -0.3 is 9.47 Å². The van der Waals surface area contributed by atoms with Crippen molar-refractivity contribution in [2.75, 3.05) is 7.05 Å². The highest BCUT2D eigenvalue weighted by Gasteiger charge is 2.29. The molecule has 5 nitrogen and oxygen atoms in total. The van der Waals surface area contributed by atoms with E-state index in [-0.39, 0.29) is 11.8 Å². The van der Waals surface area contributed by atoms with Crippen LogP contribution in [-0.2, 0) is 30.7 Å². The van der Waals surface area contributed by atoms with Crippen LogP contribution >= 0.6 is 0 Å². The van der Waals surface area contributed by atoms with Gasteiger partial charge in [0, 0.05) is 20.0 Å². The Hall–Kier alpha value is -2.17. The summed E-state index contributed by atoms with van der Waals surface area (Å²) in [4.78, 5) is 14.8. The lowest BCUT2D eigenvalue weighted by Gasteiger charge is -2.28. The van der Waals surface area contributed by atoms with Crippen LogP contribution in [0.25, 0.3) is 0 Å². The first-order valence-corrected chi connectivity index (χ1v) is 8.48. The number of likely N-dealkylation sites (N-methyl/N-ethyl adjacent to an activating group) is 1. The summed E-state index contributed by atoms with van der Waals surface area (Å²) < 4.78 is 2.17. The molecule has 0 radical (unpaired) electrons. The average Bonchev–Trinajstić information content (AvgIpc) is 3.18. The highest BCUT2D eigenvalue weighted by atomic mass is 16.2. The second kappa shape index (κ2) is 5.80. The number of fused-ring (bicyclic) bond motifs is 2. The number of nitrogens with zero attached hydrogens (tertiary/aromatic N) is 4. The number of aromatic nitrogens is 3. The van der Waals surface area contributed by atoms with Crippen molar-refractivity contribution in [1.82, 2.24) is 19.7 Å². The van der Waals surface area contributed by atoms with Crippen molar-refractivity contribution in [1.29, 1.82) is 0 Å². The summed E-state index contributed by atoms with van der Waals surface area (Å²) >= 11 is 0. The van der Waals surface area contributed by atoms with E-state index in [1.165, 1.54) is 11.1 Å². The minimum atomic E-state index is -0.00841. The number of carbonyl (C=O) groups excluding carboxylic acids is 1. The first-order valence-electron chi connectivity index (χ1n) is 8.48. The molecule has 23 heavy (non-hydrogen) atoms. The van der Waals surface area contributed by atoms with Gasteiger partial charge in [-0.3, -0.25) is 4.79 Å². The van der Waals surface area contributed by atoms with Crippen LogP contribution in [0.5, 0.6) is 0 Å². The lowest BCUT2D eigenvalue weighted by atomic mass is 9.82. The molecule has 1 aromatic heterocycles. The van der Waals surface area contributed by atoms with Gasteiger partial charge in [0.15, 0.2) is 5.82 Å². The van der Waals surface area contributed by atoms with Gasteiger partial charge in [-0.15, -0.1) is 10.2 Å². The van der Waals surface area contributed by atoms with Crippen LogP contribution in [0.2, 0.25) is 0 Å². The summed E-state index contributed by atoms with van der Waals surface area (Å²) in [7, 11) is 1.89. The summed E-state index contributed by atoms with van der Waals surface area (Å²) in [6, 6.07) is 8.37. The maximum atomic E-state index is 13.0. The topological polar surface area (TPSA) is 51.0 Å². The fourth-order valence-electron chi connectivity index (χ4n) is 3.89. The van der Waals surface area contributed by atoms with E-state index in [2.05, 4.69) is 33.0 Å². The fourth-order valence-corrected chi connectivity index (χ4v) is 3.89. The zero-order chi connectivity index (χ0) is 15.8. The first kappa shape index (κ1) is 14.4. The van der Waals surface area contributed by atoms with Gasteiger partial charge >= 0.3 is 0 Å². The molecule has 0 saturated carbocycles. The van der Waals surface area contributed by atoms with E-state index in [1.807, 2.05) is 18.0 Å². The predicted octanol–water partition coefficient (Wildman–Crippen LogP) is 2.30. The van der Waals surface area contributed by atoms with Crippen molar-refractivity contribution in [3.05, 3.63) is 47.0 Å². The van der Waals surface area contributed by atoms with E-state index in [4.69, 9.17) is 0 Å². The number of amides is 1. The second-order valence-electron chi connectivity index (χ2n) is 6.63. The molecule has 2 aromatic rings. The molecule has 5 heteroatoms. The molecule has 4 rings (SSSR count). The van der Waals surface area contributed by atoms with E-state index in [0.29, 0.717) is 6.54 Å². The lowest BCUT2D eigenvalue weighted by molar-refractivity contribution is -0.132. The number of carbonyl (C=O) groups is 1. The van der Waals surface area contributed by atoms with Crippen LogP contribution in [0, 0.1) is 0 Å². The standard InChI is InChI=1S/C18H22N4O/c1-21(12-17-20-19-16-10-5-11-22(16)17)18(23)15-9-4-7-13-6-2-3-8-14(13)15/h2-3,6,8,15H,4-5,7,9-12H2,1H3/t15-/m1/s1. The van der Waals surface area contributed by atoms with Gasteiger partial charge in [-0.25, -0.2) is 0 Å². The fraction of sp³-hybridized carbons (Fsp3) is 0.500. The maximum absolute atomic E-state index is 13.0.